The molecule has 1 aromatic heterocycles. The summed E-state index contributed by atoms with van der Waals surface area (Å²) < 4.78 is 2.38. The third-order valence-electron chi connectivity index (χ3n) is 12.2. The molecule has 1 aliphatic rings. The van der Waals surface area contributed by atoms with Gasteiger partial charge in [0.2, 0.25) is 0 Å². The van der Waals surface area contributed by atoms with Gasteiger partial charge in [0.15, 0.2) is 0 Å². The smallest absolute Gasteiger partial charge is 0.0538 e. The number of rotatable bonds is 9. The molecule has 8 aromatic carbocycles. The molecule has 0 saturated heterocycles. The van der Waals surface area contributed by atoms with Crippen LogP contribution in [0.1, 0.15) is 38.8 Å². The van der Waals surface area contributed by atoms with Gasteiger partial charge in [0.1, 0.15) is 0 Å². The molecule has 0 N–H and O–H groups in total. The highest BCUT2D eigenvalue weighted by molar-refractivity contribution is 6.11. The molecule has 0 spiro atoms. The van der Waals surface area contributed by atoms with Crippen LogP contribution in [-0.2, 0) is 5.41 Å². The first-order valence-electron chi connectivity index (χ1n) is 20.9. The van der Waals surface area contributed by atoms with Crippen molar-refractivity contribution < 1.29 is 0 Å². The SMILES string of the molecule is C/C=C\C=C(/C)n1c2ccccc2c2cc(-c3cc(N(c4ccccc4)c4ccccc4)cc(N(c4ccccc4)c4ccc5c(c4)C(C)(C)c4ccccc4-5)c3)ccc21. The summed E-state index contributed by atoms with van der Waals surface area (Å²) in [7, 11) is 0. The summed E-state index contributed by atoms with van der Waals surface area (Å²) in [6.07, 6.45) is 6.38. The Morgan fingerprint density at radius 2 is 1.00 bits per heavy atom. The van der Waals surface area contributed by atoms with Crippen LogP contribution in [0.2, 0.25) is 0 Å². The van der Waals surface area contributed by atoms with Gasteiger partial charge in [-0.3, -0.25) is 0 Å². The molecule has 3 nitrogen and oxygen atoms in total. The van der Waals surface area contributed by atoms with Gasteiger partial charge in [-0.05, 0) is 138 Å². The van der Waals surface area contributed by atoms with Crippen molar-refractivity contribution in [3.8, 4) is 22.3 Å². The monoisotopic (exact) mass is 773 g/mol. The summed E-state index contributed by atoms with van der Waals surface area (Å²) in [5.41, 5.74) is 17.6. The van der Waals surface area contributed by atoms with Crippen LogP contribution in [0.3, 0.4) is 0 Å². The third kappa shape index (κ3) is 6.31. The molecule has 1 aliphatic carbocycles. The number of aromatic nitrogens is 1. The maximum atomic E-state index is 2.43. The Balaban J connectivity index is 1.23. The van der Waals surface area contributed by atoms with E-state index in [0.29, 0.717) is 0 Å². The molecule has 0 radical (unpaired) electrons. The molecule has 0 atom stereocenters. The van der Waals surface area contributed by atoms with Gasteiger partial charge in [0.25, 0.3) is 0 Å². The molecule has 290 valence electrons. The predicted octanol–water partition coefficient (Wildman–Crippen LogP) is 16.1. The zero-order chi connectivity index (χ0) is 40.8. The predicted molar refractivity (Wildman–Crippen MR) is 257 cm³/mol. The minimum Gasteiger partial charge on any atom is -0.313 e. The standard InChI is InChI=1S/C57H47N3/c1-5-6-20-40(2)58-55-30-19-17-28-51(55)52-37-41(31-34-56(52)58)42-35-47(59(43-21-10-7-11-22-43)44-23-12-8-13-24-44)38-48(36-42)60(45-25-14-9-15-26-45)46-32-33-50-49-27-16-18-29-53(49)57(3,4)54(50)39-46/h5-39H,1-4H3/b6-5-,40-20+. The van der Waals surface area contributed by atoms with Gasteiger partial charge in [0, 0.05) is 56.0 Å². The fraction of sp³-hybridized carbons (Fsp3) is 0.0877. The van der Waals surface area contributed by atoms with Crippen molar-refractivity contribution in [3.63, 3.8) is 0 Å². The Hall–Kier alpha value is -7.36. The van der Waals surface area contributed by atoms with Crippen LogP contribution in [0.5, 0.6) is 0 Å². The first-order chi connectivity index (χ1) is 29.4. The molecule has 0 bridgehead atoms. The zero-order valence-electron chi connectivity index (χ0n) is 34.5. The van der Waals surface area contributed by atoms with Crippen LogP contribution in [0, 0.1) is 0 Å². The van der Waals surface area contributed by atoms with Gasteiger partial charge < -0.3 is 14.4 Å². The van der Waals surface area contributed by atoms with Crippen molar-refractivity contribution in [1.82, 2.24) is 4.57 Å². The second-order valence-corrected chi connectivity index (χ2v) is 16.2. The van der Waals surface area contributed by atoms with Crippen LogP contribution in [-0.4, -0.2) is 4.57 Å². The highest BCUT2D eigenvalue weighted by Crippen LogP contribution is 2.51. The van der Waals surface area contributed by atoms with E-state index < -0.39 is 0 Å². The third-order valence-corrected chi connectivity index (χ3v) is 12.2. The van der Waals surface area contributed by atoms with Gasteiger partial charge in [-0.25, -0.2) is 0 Å². The van der Waals surface area contributed by atoms with Crippen molar-refractivity contribution in [1.29, 1.82) is 0 Å². The number of nitrogens with zero attached hydrogens (tertiary/aromatic N) is 3. The Kier molecular flexibility index (Phi) is 9.30. The van der Waals surface area contributed by atoms with Crippen molar-refractivity contribution in [3.05, 3.63) is 223 Å². The summed E-state index contributed by atoms with van der Waals surface area (Å²) in [5, 5.41) is 2.47. The van der Waals surface area contributed by atoms with Gasteiger partial charge in [-0.1, -0.05) is 135 Å². The van der Waals surface area contributed by atoms with Crippen molar-refractivity contribution in [2.75, 3.05) is 9.80 Å². The lowest BCUT2D eigenvalue weighted by Gasteiger charge is -2.31. The van der Waals surface area contributed by atoms with E-state index >= 15 is 0 Å². The molecular formula is C57H47N3. The number of benzene rings is 8. The minimum absolute atomic E-state index is 0.135. The number of fused-ring (bicyclic) bond motifs is 6. The quantitative estimate of drug-likeness (QED) is 0.135. The maximum absolute atomic E-state index is 2.43. The number of anilines is 6. The summed E-state index contributed by atoms with van der Waals surface area (Å²) in [5.74, 6) is 0. The summed E-state index contributed by atoms with van der Waals surface area (Å²) in [4.78, 5) is 4.80. The first kappa shape index (κ1) is 36.9. The second kappa shape index (κ2) is 15.1. The van der Waals surface area contributed by atoms with E-state index in [0.717, 1.165) is 45.3 Å². The lowest BCUT2D eigenvalue weighted by atomic mass is 9.82. The van der Waals surface area contributed by atoms with Crippen LogP contribution < -0.4 is 9.80 Å². The van der Waals surface area contributed by atoms with Crippen molar-refractivity contribution >= 4 is 61.6 Å². The van der Waals surface area contributed by atoms with E-state index in [1.807, 2.05) is 0 Å². The summed E-state index contributed by atoms with van der Waals surface area (Å²) in [6, 6.07) is 71.0. The number of hydrogen-bond donors (Lipinski definition) is 0. The van der Waals surface area contributed by atoms with Crippen LogP contribution in [0.4, 0.5) is 34.1 Å². The number of hydrogen-bond acceptors (Lipinski definition) is 2. The maximum Gasteiger partial charge on any atom is 0.0538 e. The van der Waals surface area contributed by atoms with E-state index in [-0.39, 0.29) is 5.41 Å². The lowest BCUT2D eigenvalue weighted by Crippen LogP contribution is -2.17. The Morgan fingerprint density at radius 3 is 1.65 bits per heavy atom. The molecule has 1 heterocycles. The Bertz CT molecular complexity index is 3040. The lowest BCUT2D eigenvalue weighted by molar-refractivity contribution is 0.660. The van der Waals surface area contributed by atoms with Crippen molar-refractivity contribution in [2.24, 2.45) is 0 Å². The van der Waals surface area contributed by atoms with E-state index in [1.165, 1.54) is 49.8 Å². The molecule has 60 heavy (non-hydrogen) atoms. The fourth-order valence-electron chi connectivity index (χ4n) is 9.32. The van der Waals surface area contributed by atoms with Crippen LogP contribution >= 0.6 is 0 Å². The molecule has 0 saturated carbocycles. The van der Waals surface area contributed by atoms with E-state index in [2.05, 4.69) is 254 Å². The van der Waals surface area contributed by atoms with E-state index in [4.69, 9.17) is 0 Å². The fourth-order valence-corrected chi connectivity index (χ4v) is 9.32. The molecule has 3 heteroatoms. The van der Waals surface area contributed by atoms with Crippen LogP contribution in [0.25, 0.3) is 49.8 Å². The second-order valence-electron chi connectivity index (χ2n) is 16.2. The minimum atomic E-state index is -0.135. The number of allylic oxidation sites excluding steroid dienone is 4. The van der Waals surface area contributed by atoms with Gasteiger partial charge in [0.05, 0.1) is 11.0 Å². The highest BCUT2D eigenvalue weighted by atomic mass is 15.2. The largest absolute Gasteiger partial charge is 0.313 e. The van der Waals surface area contributed by atoms with Gasteiger partial charge in [-0.15, -0.1) is 0 Å². The Morgan fingerprint density at radius 1 is 0.450 bits per heavy atom. The molecule has 0 amide bonds. The molecule has 10 rings (SSSR count). The van der Waals surface area contributed by atoms with Gasteiger partial charge >= 0.3 is 0 Å². The topological polar surface area (TPSA) is 11.4 Å². The van der Waals surface area contributed by atoms with Crippen LogP contribution in [0.15, 0.2) is 212 Å². The number of para-hydroxylation sites is 4. The van der Waals surface area contributed by atoms with E-state index in [1.54, 1.807) is 0 Å². The zero-order valence-corrected chi connectivity index (χ0v) is 34.5. The van der Waals surface area contributed by atoms with E-state index in [9.17, 15) is 0 Å². The first-order valence-corrected chi connectivity index (χ1v) is 20.9. The molecule has 0 unspecified atom stereocenters. The summed E-state index contributed by atoms with van der Waals surface area (Å²) in [6.45, 7) is 8.96. The Labute approximate surface area is 353 Å². The molecule has 0 aliphatic heterocycles. The average Bonchev–Trinajstić information content (AvgIpc) is 3.74. The summed E-state index contributed by atoms with van der Waals surface area (Å²) >= 11 is 0. The average molecular weight is 774 g/mol. The molecule has 9 aromatic rings. The van der Waals surface area contributed by atoms with Crippen molar-refractivity contribution in [2.45, 2.75) is 33.1 Å². The normalized spacial score (nSPS) is 13.2. The van der Waals surface area contributed by atoms with Gasteiger partial charge in [-0.2, -0.15) is 0 Å². The molecular weight excluding hydrogens is 727 g/mol. The highest BCUT2D eigenvalue weighted by Gasteiger charge is 2.36. The molecule has 0 fully saturated rings.